The van der Waals surface area contributed by atoms with Gasteiger partial charge in [-0.3, -0.25) is 20.2 Å². The summed E-state index contributed by atoms with van der Waals surface area (Å²) in [5.74, 6) is -0.634. The zero-order valence-electron chi connectivity index (χ0n) is 13.1. The van der Waals surface area contributed by atoms with Crippen LogP contribution < -0.4 is 5.32 Å². The minimum atomic E-state index is -0.634. The predicted molar refractivity (Wildman–Crippen MR) is 82.9 cm³/mol. The van der Waals surface area contributed by atoms with E-state index >= 15 is 0 Å². The molecule has 3 amide bonds. The average molecular weight is 307 g/mol. The molecule has 0 fully saturated rings. The van der Waals surface area contributed by atoms with E-state index in [1.54, 1.807) is 11.8 Å². The van der Waals surface area contributed by atoms with Crippen molar-refractivity contribution in [3.8, 4) is 0 Å². The normalized spacial score (nSPS) is 10.1. The first-order valence-corrected chi connectivity index (χ1v) is 7.26. The summed E-state index contributed by atoms with van der Waals surface area (Å²) in [6, 6.07) is 3.67. The minimum Gasteiger partial charge on any atom is -0.324 e. The van der Waals surface area contributed by atoms with Crippen LogP contribution in [-0.2, 0) is 0 Å². The molecule has 1 aromatic rings. The van der Waals surface area contributed by atoms with Gasteiger partial charge in [0, 0.05) is 30.3 Å². The van der Waals surface area contributed by atoms with Crippen LogP contribution in [0, 0.1) is 17.0 Å². The molecule has 0 atom stereocenters. The Morgan fingerprint density at radius 3 is 2.32 bits per heavy atom. The number of nitrogens with one attached hydrogen (secondary N) is 1. The van der Waals surface area contributed by atoms with Gasteiger partial charge in [0.25, 0.3) is 11.6 Å². The molecule has 7 nitrogen and oxygen atoms in total. The molecule has 0 aliphatic heterocycles. The SMILES string of the molecule is CCCN(CCC)C(=O)NC(=O)c1ccc(C)c([N+](=O)[O-])c1. The summed E-state index contributed by atoms with van der Waals surface area (Å²) in [7, 11) is 0. The van der Waals surface area contributed by atoms with Gasteiger partial charge < -0.3 is 4.90 Å². The van der Waals surface area contributed by atoms with Gasteiger partial charge in [-0.25, -0.2) is 4.79 Å². The second-order valence-corrected chi connectivity index (χ2v) is 5.00. The summed E-state index contributed by atoms with van der Waals surface area (Å²) in [4.78, 5) is 36.0. The number of carbonyl (C=O) groups excluding carboxylic acids is 2. The van der Waals surface area contributed by atoms with Crippen molar-refractivity contribution in [2.45, 2.75) is 33.6 Å². The monoisotopic (exact) mass is 307 g/mol. The molecule has 22 heavy (non-hydrogen) atoms. The number of imide groups is 1. The third kappa shape index (κ3) is 4.54. The molecule has 0 unspecified atom stereocenters. The average Bonchev–Trinajstić information content (AvgIpc) is 2.46. The molecule has 0 aromatic heterocycles. The van der Waals surface area contributed by atoms with E-state index in [2.05, 4.69) is 5.32 Å². The van der Waals surface area contributed by atoms with Gasteiger partial charge >= 0.3 is 6.03 Å². The molecule has 0 saturated heterocycles. The zero-order chi connectivity index (χ0) is 16.7. The Balaban J connectivity index is 2.86. The van der Waals surface area contributed by atoms with Gasteiger partial charge in [-0.05, 0) is 25.8 Å². The Kier molecular flexibility index (Phi) is 6.49. The Morgan fingerprint density at radius 2 is 1.82 bits per heavy atom. The fraction of sp³-hybridized carbons (Fsp3) is 0.467. The molecular weight excluding hydrogens is 286 g/mol. The predicted octanol–water partition coefficient (Wildman–Crippen LogP) is 2.88. The van der Waals surface area contributed by atoms with Gasteiger partial charge in [0.15, 0.2) is 0 Å². The van der Waals surface area contributed by atoms with E-state index in [4.69, 9.17) is 0 Å². The molecule has 0 aliphatic rings. The van der Waals surface area contributed by atoms with E-state index in [1.807, 2.05) is 13.8 Å². The molecule has 0 heterocycles. The molecule has 0 aliphatic carbocycles. The van der Waals surface area contributed by atoms with Crippen molar-refractivity contribution in [2.24, 2.45) is 0 Å². The maximum absolute atomic E-state index is 12.1. The number of hydrogen-bond acceptors (Lipinski definition) is 4. The van der Waals surface area contributed by atoms with E-state index in [-0.39, 0.29) is 11.3 Å². The van der Waals surface area contributed by atoms with Gasteiger partial charge in [0.1, 0.15) is 0 Å². The van der Waals surface area contributed by atoms with Crippen molar-refractivity contribution in [3.63, 3.8) is 0 Å². The van der Waals surface area contributed by atoms with Crippen LogP contribution in [0.15, 0.2) is 18.2 Å². The fourth-order valence-corrected chi connectivity index (χ4v) is 2.05. The van der Waals surface area contributed by atoms with E-state index in [9.17, 15) is 19.7 Å². The number of benzene rings is 1. The highest BCUT2D eigenvalue weighted by Gasteiger charge is 2.19. The summed E-state index contributed by atoms with van der Waals surface area (Å²) in [6.45, 7) is 6.60. The Hall–Kier alpha value is -2.44. The standard InChI is InChI=1S/C15H21N3O4/c1-4-8-17(9-5-2)15(20)16-14(19)12-7-6-11(3)13(10-12)18(21)22/h6-7,10H,4-5,8-9H2,1-3H3,(H,16,19,20). The van der Waals surface area contributed by atoms with Crippen LogP contribution in [0.5, 0.6) is 0 Å². The summed E-state index contributed by atoms with van der Waals surface area (Å²) in [6.07, 6.45) is 1.58. The molecule has 1 rings (SSSR count). The fourth-order valence-electron chi connectivity index (χ4n) is 2.05. The highest BCUT2D eigenvalue weighted by Crippen LogP contribution is 2.19. The molecule has 7 heteroatoms. The van der Waals surface area contributed by atoms with Crippen molar-refractivity contribution < 1.29 is 14.5 Å². The van der Waals surface area contributed by atoms with E-state index in [1.165, 1.54) is 18.2 Å². The molecule has 120 valence electrons. The number of urea groups is 1. The maximum Gasteiger partial charge on any atom is 0.324 e. The number of amides is 3. The summed E-state index contributed by atoms with van der Waals surface area (Å²) in [5.41, 5.74) is 0.420. The second-order valence-electron chi connectivity index (χ2n) is 5.00. The van der Waals surface area contributed by atoms with Crippen LogP contribution in [-0.4, -0.2) is 34.9 Å². The summed E-state index contributed by atoms with van der Waals surface area (Å²) >= 11 is 0. The third-order valence-electron chi connectivity index (χ3n) is 3.16. The Labute approximate surface area is 129 Å². The highest BCUT2D eigenvalue weighted by molar-refractivity contribution is 6.04. The van der Waals surface area contributed by atoms with Crippen LogP contribution in [0.3, 0.4) is 0 Å². The molecule has 0 spiro atoms. The van der Waals surface area contributed by atoms with Crippen LogP contribution >= 0.6 is 0 Å². The number of nitro groups is 1. The number of nitrogens with zero attached hydrogens (tertiary/aromatic N) is 2. The number of carbonyl (C=O) groups is 2. The molecule has 0 bridgehead atoms. The Bertz CT molecular complexity index is 566. The lowest BCUT2D eigenvalue weighted by atomic mass is 10.1. The highest BCUT2D eigenvalue weighted by atomic mass is 16.6. The lowest BCUT2D eigenvalue weighted by Gasteiger charge is -2.21. The molecule has 1 aromatic carbocycles. The zero-order valence-corrected chi connectivity index (χ0v) is 13.1. The molecule has 0 saturated carbocycles. The van der Waals surface area contributed by atoms with Crippen LogP contribution in [0.1, 0.15) is 42.6 Å². The van der Waals surface area contributed by atoms with Crippen molar-refractivity contribution in [1.29, 1.82) is 0 Å². The Morgan fingerprint density at radius 1 is 1.23 bits per heavy atom. The van der Waals surface area contributed by atoms with Crippen LogP contribution in [0.2, 0.25) is 0 Å². The number of hydrogen-bond donors (Lipinski definition) is 1. The lowest BCUT2D eigenvalue weighted by molar-refractivity contribution is -0.385. The van der Waals surface area contributed by atoms with Crippen LogP contribution in [0.25, 0.3) is 0 Å². The largest absolute Gasteiger partial charge is 0.324 e. The summed E-state index contributed by atoms with van der Waals surface area (Å²) < 4.78 is 0. The van der Waals surface area contributed by atoms with Crippen molar-refractivity contribution in [1.82, 2.24) is 10.2 Å². The minimum absolute atomic E-state index is 0.0959. The number of nitro benzene ring substituents is 1. The topological polar surface area (TPSA) is 92.6 Å². The lowest BCUT2D eigenvalue weighted by Crippen LogP contribution is -2.43. The third-order valence-corrected chi connectivity index (χ3v) is 3.16. The van der Waals surface area contributed by atoms with Gasteiger partial charge in [0.05, 0.1) is 4.92 Å². The first-order chi connectivity index (χ1) is 10.4. The molecule has 0 radical (unpaired) electrons. The number of aryl methyl sites for hydroxylation is 1. The summed E-state index contributed by atoms with van der Waals surface area (Å²) in [5, 5.41) is 13.2. The van der Waals surface area contributed by atoms with Crippen LogP contribution in [0.4, 0.5) is 10.5 Å². The van der Waals surface area contributed by atoms with Crippen molar-refractivity contribution in [2.75, 3.05) is 13.1 Å². The van der Waals surface area contributed by atoms with Gasteiger partial charge in [-0.2, -0.15) is 0 Å². The van der Waals surface area contributed by atoms with E-state index < -0.39 is 16.9 Å². The van der Waals surface area contributed by atoms with Gasteiger partial charge in [-0.1, -0.05) is 19.9 Å². The number of rotatable bonds is 6. The quantitative estimate of drug-likeness (QED) is 0.646. The first kappa shape index (κ1) is 17.6. The van der Waals surface area contributed by atoms with Crippen molar-refractivity contribution in [3.05, 3.63) is 39.4 Å². The maximum atomic E-state index is 12.1. The second kappa shape index (κ2) is 8.11. The molecular formula is C15H21N3O4. The van der Waals surface area contributed by atoms with E-state index in [0.717, 1.165) is 12.8 Å². The first-order valence-electron chi connectivity index (χ1n) is 7.26. The molecule has 1 N–H and O–H groups in total. The van der Waals surface area contributed by atoms with E-state index in [0.29, 0.717) is 18.7 Å². The smallest absolute Gasteiger partial charge is 0.324 e. The van der Waals surface area contributed by atoms with Gasteiger partial charge in [0.2, 0.25) is 0 Å². The van der Waals surface area contributed by atoms with Gasteiger partial charge in [-0.15, -0.1) is 0 Å². The van der Waals surface area contributed by atoms with Crippen molar-refractivity contribution >= 4 is 17.6 Å².